The number of likely N-dealkylation sites (N-methyl/N-ethyl adjacent to an activating group) is 1. The van der Waals surface area contributed by atoms with Crippen molar-refractivity contribution in [2.24, 2.45) is 0 Å². The third kappa shape index (κ3) is 3.39. The van der Waals surface area contributed by atoms with Crippen molar-refractivity contribution in [1.82, 2.24) is 20.3 Å². The van der Waals surface area contributed by atoms with E-state index in [0.29, 0.717) is 13.1 Å². The third-order valence-electron chi connectivity index (χ3n) is 3.03. The highest BCUT2D eigenvalue weighted by Gasteiger charge is 2.26. The first-order chi connectivity index (χ1) is 9.76. The number of carbonyl (C=O) groups excluding carboxylic acids is 1. The molecular weight excluding hydrogens is 272 g/mol. The molecule has 2 aromatic rings. The minimum Gasteiger partial charge on any atom is -0.342 e. The standard InChI is InChI=1S/C14H18N4OS/c1-3-18(4-2)14(19)13(11-8-6-5-7-9-11)20-12-10-15-17-16-12/h5-10,13H,3-4H2,1-2H3,(H,15,16,17)/t13-/m0/s1. The van der Waals surface area contributed by atoms with E-state index in [-0.39, 0.29) is 11.2 Å². The molecule has 2 rings (SSSR count). The number of aromatic nitrogens is 3. The Bertz CT molecular complexity index is 525. The van der Waals surface area contributed by atoms with Gasteiger partial charge in [-0.3, -0.25) is 4.79 Å². The number of benzene rings is 1. The molecule has 1 N–H and O–H groups in total. The molecule has 106 valence electrons. The van der Waals surface area contributed by atoms with Crippen molar-refractivity contribution in [1.29, 1.82) is 0 Å². The zero-order valence-corrected chi connectivity index (χ0v) is 12.4. The maximum atomic E-state index is 12.7. The van der Waals surface area contributed by atoms with E-state index in [2.05, 4.69) is 15.4 Å². The van der Waals surface area contributed by atoms with Gasteiger partial charge in [-0.2, -0.15) is 10.3 Å². The first kappa shape index (κ1) is 14.6. The summed E-state index contributed by atoms with van der Waals surface area (Å²) in [5.74, 6) is 0.106. The molecule has 0 saturated heterocycles. The monoisotopic (exact) mass is 290 g/mol. The third-order valence-corrected chi connectivity index (χ3v) is 4.18. The number of nitrogens with one attached hydrogen (secondary N) is 1. The van der Waals surface area contributed by atoms with Crippen molar-refractivity contribution in [3.63, 3.8) is 0 Å². The van der Waals surface area contributed by atoms with Crippen molar-refractivity contribution in [2.45, 2.75) is 24.1 Å². The molecule has 1 heterocycles. The summed E-state index contributed by atoms with van der Waals surface area (Å²) < 4.78 is 0. The molecule has 20 heavy (non-hydrogen) atoms. The van der Waals surface area contributed by atoms with Crippen LogP contribution in [-0.4, -0.2) is 39.3 Å². The molecule has 0 radical (unpaired) electrons. The predicted molar refractivity (Wildman–Crippen MR) is 79.4 cm³/mol. The second-order valence-corrected chi connectivity index (χ2v) is 5.35. The van der Waals surface area contributed by atoms with Crippen LogP contribution in [0.15, 0.2) is 41.6 Å². The maximum absolute atomic E-state index is 12.7. The van der Waals surface area contributed by atoms with Crippen molar-refractivity contribution in [3.8, 4) is 0 Å². The fourth-order valence-electron chi connectivity index (χ4n) is 1.96. The van der Waals surface area contributed by atoms with Gasteiger partial charge in [-0.1, -0.05) is 42.1 Å². The summed E-state index contributed by atoms with van der Waals surface area (Å²) in [6, 6.07) is 9.78. The van der Waals surface area contributed by atoms with E-state index in [0.717, 1.165) is 10.6 Å². The fraction of sp³-hybridized carbons (Fsp3) is 0.357. The largest absolute Gasteiger partial charge is 0.342 e. The lowest BCUT2D eigenvalue weighted by atomic mass is 10.1. The number of nitrogens with zero attached hydrogens (tertiary/aromatic N) is 3. The number of hydrogen-bond acceptors (Lipinski definition) is 4. The first-order valence-corrected chi connectivity index (χ1v) is 7.50. The van der Waals surface area contributed by atoms with E-state index >= 15 is 0 Å². The Hall–Kier alpha value is -1.82. The Labute approximate surface area is 122 Å². The molecule has 0 spiro atoms. The molecule has 0 fully saturated rings. The lowest BCUT2D eigenvalue weighted by molar-refractivity contribution is -0.130. The topological polar surface area (TPSA) is 61.9 Å². The quantitative estimate of drug-likeness (QED) is 0.830. The van der Waals surface area contributed by atoms with E-state index in [1.165, 1.54) is 11.8 Å². The van der Waals surface area contributed by atoms with Crippen LogP contribution >= 0.6 is 11.8 Å². The van der Waals surface area contributed by atoms with E-state index in [1.807, 2.05) is 49.1 Å². The molecule has 0 aliphatic heterocycles. The van der Waals surface area contributed by atoms with Gasteiger partial charge >= 0.3 is 0 Å². The Balaban J connectivity index is 2.26. The summed E-state index contributed by atoms with van der Waals surface area (Å²) in [5, 5.41) is 10.8. The lowest BCUT2D eigenvalue weighted by Crippen LogP contribution is -2.33. The number of thioether (sulfide) groups is 1. The highest BCUT2D eigenvalue weighted by atomic mass is 32.2. The molecule has 1 amide bonds. The molecule has 0 unspecified atom stereocenters. The van der Waals surface area contributed by atoms with Gasteiger partial charge in [-0.25, -0.2) is 0 Å². The van der Waals surface area contributed by atoms with Gasteiger partial charge in [-0.15, -0.1) is 5.10 Å². The Kier molecular flexibility index (Phi) is 5.17. The number of hydrogen-bond donors (Lipinski definition) is 1. The van der Waals surface area contributed by atoms with Crippen LogP contribution < -0.4 is 0 Å². The fourth-order valence-corrected chi connectivity index (χ4v) is 2.95. The zero-order valence-electron chi connectivity index (χ0n) is 11.6. The Morgan fingerprint density at radius 3 is 2.55 bits per heavy atom. The van der Waals surface area contributed by atoms with Gasteiger partial charge in [-0.05, 0) is 19.4 Å². The first-order valence-electron chi connectivity index (χ1n) is 6.62. The van der Waals surface area contributed by atoms with Crippen molar-refractivity contribution in [2.75, 3.05) is 13.1 Å². The summed E-state index contributed by atoms with van der Waals surface area (Å²) in [7, 11) is 0. The molecule has 6 heteroatoms. The molecule has 5 nitrogen and oxygen atoms in total. The summed E-state index contributed by atoms with van der Waals surface area (Å²) >= 11 is 1.42. The van der Waals surface area contributed by atoms with Crippen LogP contribution in [0.1, 0.15) is 24.7 Å². The van der Waals surface area contributed by atoms with Crippen LogP contribution in [0.2, 0.25) is 0 Å². The van der Waals surface area contributed by atoms with Gasteiger partial charge in [0.15, 0.2) is 0 Å². The van der Waals surface area contributed by atoms with Crippen molar-refractivity contribution < 1.29 is 4.79 Å². The van der Waals surface area contributed by atoms with Gasteiger partial charge in [0.2, 0.25) is 5.91 Å². The number of rotatable bonds is 6. The van der Waals surface area contributed by atoms with Crippen LogP contribution in [0.3, 0.4) is 0 Å². The summed E-state index contributed by atoms with van der Waals surface area (Å²) in [6.45, 7) is 5.39. The van der Waals surface area contributed by atoms with E-state index in [1.54, 1.807) is 6.20 Å². The molecule has 1 atom stereocenters. The highest BCUT2D eigenvalue weighted by Crippen LogP contribution is 2.35. The summed E-state index contributed by atoms with van der Waals surface area (Å²) in [5.41, 5.74) is 0.984. The Morgan fingerprint density at radius 2 is 2.00 bits per heavy atom. The smallest absolute Gasteiger partial charge is 0.240 e. The van der Waals surface area contributed by atoms with Crippen molar-refractivity contribution in [3.05, 3.63) is 42.1 Å². The van der Waals surface area contributed by atoms with Gasteiger partial charge in [0.1, 0.15) is 10.3 Å². The number of aromatic amines is 1. The molecule has 1 aromatic heterocycles. The van der Waals surface area contributed by atoms with Crippen LogP contribution in [0.5, 0.6) is 0 Å². The average Bonchev–Trinajstić information content (AvgIpc) is 3.00. The van der Waals surface area contributed by atoms with E-state index < -0.39 is 0 Å². The molecular formula is C14H18N4OS. The number of amides is 1. The second-order valence-electron chi connectivity index (χ2n) is 4.23. The van der Waals surface area contributed by atoms with Crippen LogP contribution in [0.25, 0.3) is 0 Å². The highest BCUT2D eigenvalue weighted by molar-refractivity contribution is 8.00. The molecule has 1 aromatic carbocycles. The zero-order chi connectivity index (χ0) is 14.4. The molecule has 0 bridgehead atoms. The number of carbonyl (C=O) groups is 1. The minimum atomic E-state index is -0.291. The van der Waals surface area contributed by atoms with Gasteiger partial charge in [0, 0.05) is 13.1 Å². The van der Waals surface area contributed by atoms with Crippen LogP contribution in [0, 0.1) is 0 Å². The lowest BCUT2D eigenvalue weighted by Gasteiger charge is -2.24. The summed E-state index contributed by atoms with van der Waals surface area (Å²) in [4.78, 5) is 14.5. The Morgan fingerprint density at radius 1 is 1.30 bits per heavy atom. The predicted octanol–water partition coefficient (Wildman–Crippen LogP) is 2.51. The van der Waals surface area contributed by atoms with Crippen LogP contribution in [0.4, 0.5) is 0 Å². The normalized spacial score (nSPS) is 12.1. The molecule has 0 saturated carbocycles. The van der Waals surface area contributed by atoms with Crippen LogP contribution in [-0.2, 0) is 4.79 Å². The van der Waals surface area contributed by atoms with Gasteiger partial charge in [0.05, 0.1) is 6.20 Å². The number of H-pyrrole nitrogens is 1. The van der Waals surface area contributed by atoms with Crippen molar-refractivity contribution >= 4 is 17.7 Å². The summed E-state index contributed by atoms with van der Waals surface area (Å²) in [6.07, 6.45) is 1.64. The molecule has 0 aliphatic carbocycles. The molecule has 0 aliphatic rings. The van der Waals surface area contributed by atoms with Gasteiger partial charge in [0.25, 0.3) is 0 Å². The van der Waals surface area contributed by atoms with Gasteiger partial charge < -0.3 is 4.90 Å². The maximum Gasteiger partial charge on any atom is 0.240 e. The average molecular weight is 290 g/mol. The minimum absolute atomic E-state index is 0.106. The van der Waals surface area contributed by atoms with E-state index in [4.69, 9.17) is 0 Å². The second kappa shape index (κ2) is 7.09. The SMILES string of the molecule is CCN(CC)C(=O)[C@@H](Sc1cn[nH]n1)c1ccccc1. The van der Waals surface area contributed by atoms with E-state index in [9.17, 15) is 4.79 Å².